The molecule has 2 atom stereocenters. The fourth-order valence-electron chi connectivity index (χ4n) is 1.83. The molecule has 0 aromatic carbocycles. The SMILES string of the molecule is CCC1CC1c1nnc(CCl)n1C. The number of aromatic nitrogens is 3. The molecule has 1 aliphatic carbocycles. The molecule has 72 valence electrons. The minimum atomic E-state index is 0.451. The Kier molecular flexibility index (Phi) is 2.28. The predicted molar refractivity (Wildman–Crippen MR) is 51.7 cm³/mol. The average molecular weight is 200 g/mol. The molecule has 1 aliphatic rings. The first-order valence-electron chi connectivity index (χ1n) is 4.72. The van der Waals surface area contributed by atoms with Crippen molar-refractivity contribution in [2.75, 3.05) is 0 Å². The first-order valence-corrected chi connectivity index (χ1v) is 5.25. The molecular formula is C9H14ClN3. The second kappa shape index (κ2) is 3.29. The summed E-state index contributed by atoms with van der Waals surface area (Å²) >= 11 is 5.72. The quantitative estimate of drug-likeness (QED) is 0.698. The Morgan fingerprint density at radius 1 is 1.54 bits per heavy atom. The van der Waals surface area contributed by atoms with E-state index in [1.54, 1.807) is 0 Å². The summed E-state index contributed by atoms with van der Waals surface area (Å²) in [5.41, 5.74) is 0. The van der Waals surface area contributed by atoms with Crippen LogP contribution >= 0.6 is 11.6 Å². The molecule has 1 saturated carbocycles. The van der Waals surface area contributed by atoms with Crippen molar-refractivity contribution in [2.24, 2.45) is 13.0 Å². The molecule has 0 radical (unpaired) electrons. The van der Waals surface area contributed by atoms with Crippen LogP contribution in [0.1, 0.15) is 37.3 Å². The van der Waals surface area contributed by atoms with E-state index in [0.717, 1.165) is 17.6 Å². The van der Waals surface area contributed by atoms with Crippen LogP contribution in [0.4, 0.5) is 0 Å². The number of hydrogen-bond donors (Lipinski definition) is 0. The summed E-state index contributed by atoms with van der Waals surface area (Å²) in [6.45, 7) is 2.23. The van der Waals surface area contributed by atoms with E-state index in [-0.39, 0.29) is 0 Å². The standard InChI is InChI=1S/C9H14ClN3/c1-3-6-4-7(6)9-12-11-8(5-10)13(9)2/h6-7H,3-5H2,1-2H3. The van der Waals surface area contributed by atoms with Crippen LogP contribution in [-0.4, -0.2) is 14.8 Å². The Bertz CT molecular complexity index is 308. The highest BCUT2D eigenvalue weighted by Gasteiger charge is 2.40. The minimum absolute atomic E-state index is 0.451. The summed E-state index contributed by atoms with van der Waals surface area (Å²) in [4.78, 5) is 0. The van der Waals surface area contributed by atoms with Gasteiger partial charge in [0.15, 0.2) is 0 Å². The van der Waals surface area contributed by atoms with E-state index in [1.807, 2.05) is 11.6 Å². The van der Waals surface area contributed by atoms with E-state index in [0.29, 0.717) is 11.8 Å². The molecule has 0 bridgehead atoms. The van der Waals surface area contributed by atoms with Gasteiger partial charge in [0, 0.05) is 13.0 Å². The second-order valence-electron chi connectivity index (χ2n) is 3.68. The van der Waals surface area contributed by atoms with Crippen LogP contribution in [0.2, 0.25) is 0 Å². The van der Waals surface area contributed by atoms with Gasteiger partial charge in [0.1, 0.15) is 11.6 Å². The maximum Gasteiger partial charge on any atom is 0.147 e. The summed E-state index contributed by atoms with van der Waals surface area (Å²) in [7, 11) is 2.00. The van der Waals surface area contributed by atoms with Gasteiger partial charge in [-0.05, 0) is 12.3 Å². The summed E-state index contributed by atoms with van der Waals surface area (Å²) in [6, 6.07) is 0. The number of hydrogen-bond acceptors (Lipinski definition) is 2. The van der Waals surface area contributed by atoms with Crippen LogP contribution in [0.5, 0.6) is 0 Å². The zero-order valence-electron chi connectivity index (χ0n) is 8.00. The van der Waals surface area contributed by atoms with Crippen LogP contribution in [0.3, 0.4) is 0 Å². The molecule has 2 unspecified atom stereocenters. The molecule has 0 aliphatic heterocycles. The van der Waals surface area contributed by atoms with Gasteiger partial charge in [0.25, 0.3) is 0 Å². The van der Waals surface area contributed by atoms with Crippen LogP contribution in [0.25, 0.3) is 0 Å². The first-order chi connectivity index (χ1) is 6.27. The third kappa shape index (κ3) is 1.46. The van der Waals surface area contributed by atoms with Crippen molar-refractivity contribution in [3.05, 3.63) is 11.6 Å². The molecule has 1 aromatic heterocycles. The van der Waals surface area contributed by atoms with E-state index in [2.05, 4.69) is 17.1 Å². The maximum atomic E-state index is 5.72. The summed E-state index contributed by atoms with van der Waals surface area (Å²) in [6.07, 6.45) is 2.51. The van der Waals surface area contributed by atoms with E-state index < -0.39 is 0 Å². The highest BCUT2D eigenvalue weighted by atomic mass is 35.5. The smallest absolute Gasteiger partial charge is 0.147 e. The highest BCUT2D eigenvalue weighted by Crippen LogP contribution is 2.48. The molecule has 0 spiro atoms. The lowest BCUT2D eigenvalue weighted by molar-refractivity contribution is 0.704. The Morgan fingerprint density at radius 3 is 2.77 bits per heavy atom. The van der Waals surface area contributed by atoms with Crippen molar-refractivity contribution in [2.45, 2.75) is 31.6 Å². The van der Waals surface area contributed by atoms with E-state index in [9.17, 15) is 0 Å². The lowest BCUT2D eigenvalue weighted by Crippen LogP contribution is -2.00. The topological polar surface area (TPSA) is 30.7 Å². The van der Waals surface area contributed by atoms with Crippen molar-refractivity contribution in [1.29, 1.82) is 0 Å². The van der Waals surface area contributed by atoms with Gasteiger partial charge in [-0.15, -0.1) is 21.8 Å². The van der Waals surface area contributed by atoms with Crippen molar-refractivity contribution in [3.8, 4) is 0 Å². The van der Waals surface area contributed by atoms with Gasteiger partial charge in [-0.3, -0.25) is 0 Å². The van der Waals surface area contributed by atoms with Gasteiger partial charge in [-0.2, -0.15) is 0 Å². The van der Waals surface area contributed by atoms with E-state index in [1.165, 1.54) is 12.8 Å². The first kappa shape index (κ1) is 9.00. The molecule has 0 N–H and O–H groups in total. The normalized spacial score (nSPS) is 26.4. The van der Waals surface area contributed by atoms with Gasteiger partial charge in [-0.1, -0.05) is 13.3 Å². The van der Waals surface area contributed by atoms with Crippen molar-refractivity contribution >= 4 is 11.6 Å². The number of nitrogens with zero attached hydrogens (tertiary/aromatic N) is 3. The largest absolute Gasteiger partial charge is 0.317 e. The molecule has 13 heavy (non-hydrogen) atoms. The Hall–Kier alpha value is -0.570. The van der Waals surface area contributed by atoms with Gasteiger partial charge >= 0.3 is 0 Å². The second-order valence-corrected chi connectivity index (χ2v) is 3.94. The van der Waals surface area contributed by atoms with Gasteiger partial charge in [0.2, 0.25) is 0 Å². The average Bonchev–Trinajstić information content (AvgIpc) is 2.83. The van der Waals surface area contributed by atoms with Crippen LogP contribution in [-0.2, 0) is 12.9 Å². The highest BCUT2D eigenvalue weighted by molar-refractivity contribution is 6.16. The molecule has 1 heterocycles. The zero-order chi connectivity index (χ0) is 9.42. The Labute approximate surface area is 83.1 Å². The third-order valence-electron chi connectivity index (χ3n) is 2.90. The minimum Gasteiger partial charge on any atom is -0.317 e. The zero-order valence-corrected chi connectivity index (χ0v) is 8.75. The van der Waals surface area contributed by atoms with Crippen LogP contribution in [0, 0.1) is 5.92 Å². The monoisotopic (exact) mass is 199 g/mol. The van der Waals surface area contributed by atoms with Gasteiger partial charge < -0.3 is 4.57 Å². The van der Waals surface area contributed by atoms with E-state index in [4.69, 9.17) is 11.6 Å². The molecular weight excluding hydrogens is 186 g/mol. The molecule has 1 fully saturated rings. The fourth-order valence-corrected chi connectivity index (χ4v) is 2.06. The Morgan fingerprint density at radius 2 is 2.31 bits per heavy atom. The molecule has 0 amide bonds. The van der Waals surface area contributed by atoms with Crippen molar-refractivity contribution < 1.29 is 0 Å². The Balaban J connectivity index is 2.18. The third-order valence-corrected chi connectivity index (χ3v) is 3.14. The van der Waals surface area contributed by atoms with Crippen LogP contribution in [0.15, 0.2) is 0 Å². The summed E-state index contributed by atoms with van der Waals surface area (Å²) in [5, 5.41) is 8.22. The van der Waals surface area contributed by atoms with Crippen LogP contribution < -0.4 is 0 Å². The molecule has 0 saturated heterocycles. The molecule has 3 nitrogen and oxygen atoms in total. The fraction of sp³-hybridized carbons (Fsp3) is 0.778. The number of alkyl halides is 1. The lowest BCUT2D eigenvalue weighted by atomic mass is 10.2. The van der Waals surface area contributed by atoms with Crippen molar-refractivity contribution in [1.82, 2.24) is 14.8 Å². The van der Waals surface area contributed by atoms with Gasteiger partial charge in [0.05, 0.1) is 5.88 Å². The molecule has 4 heteroatoms. The molecule has 2 rings (SSSR count). The van der Waals surface area contributed by atoms with Gasteiger partial charge in [-0.25, -0.2) is 0 Å². The lowest BCUT2D eigenvalue weighted by Gasteiger charge is -1.99. The van der Waals surface area contributed by atoms with E-state index >= 15 is 0 Å². The summed E-state index contributed by atoms with van der Waals surface area (Å²) in [5.74, 6) is 3.90. The predicted octanol–water partition coefficient (Wildman–Crippen LogP) is 2.07. The maximum absolute atomic E-state index is 5.72. The number of halogens is 1. The molecule has 1 aromatic rings. The summed E-state index contributed by atoms with van der Waals surface area (Å²) < 4.78 is 2.04. The van der Waals surface area contributed by atoms with Crippen molar-refractivity contribution in [3.63, 3.8) is 0 Å². The number of rotatable bonds is 3.